The largest absolute Gasteiger partial charge is 0.504 e. The van der Waals surface area contributed by atoms with Gasteiger partial charge in [0.2, 0.25) is 5.75 Å². The van der Waals surface area contributed by atoms with Crippen LogP contribution in [0, 0.1) is 0 Å². The lowest BCUT2D eigenvalue weighted by atomic mass is 9.88. The maximum absolute atomic E-state index is 11.5. The molecule has 0 radical (unpaired) electrons. The van der Waals surface area contributed by atoms with Crippen molar-refractivity contribution in [1.82, 2.24) is 9.80 Å². The van der Waals surface area contributed by atoms with Gasteiger partial charge in [0.25, 0.3) is 0 Å². The van der Waals surface area contributed by atoms with Crippen LogP contribution in [0.4, 0.5) is 0 Å². The molecule has 0 aliphatic carbocycles. The zero-order valence-corrected chi connectivity index (χ0v) is 27.0. The Morgan fingerprint density at radius 3 is 1.70 bits per heavy atom. The molecule has 242 valence electrons. The van der Waals surface area contributed by atoms with Crippen molar-refractivity contribution in [2.75, 3.05) is 48.5 Å². The van der Waals surface area contributed by atoms with Crippen molar-refractivity contribution >= 4 is 0 Å². The molecular formula is C37H42N2O7. The Morgan fingerprint density at radius 1 is 0.652 bits per heavy atom. The van der Waals surface area contributed by atoms with E-state index in [-0.39, 0.29) is 35.1 Å². The van der Waals surface area contributed by atoms with Gasteiger partial charge in [-0.2, -0.15) is 0 Å². The third-order valence-electron chi connectivity index (χ3n) is 9.52. The van der Waals surface area contributed by atoms with Crippen LogP contribution in [-0.2, 0) is 25.7 Å². The van der Waals surface area contributed by atoms with Crippen molar-refractivity contribution in [3.63, 3.8) is 0 Å². The maximum atomic E-state index is 11.5. The lowest BCUT2D eigenvalue weighted by Gasteiger charge is -2.35. The highest BCUT2D eigenvalue weighted by Crippen LogP contribution is 2.45. The highest BCUT2D eigenvalue weighted by Gasteiger charge is 2.29. The Bertz CT molecular complexity index is 1720. The molecule has 4 aromatic rings. The van der Waals surface area contributed by atoms with Gasteiger partial charge in [-0.3, -0.25) is 9.80 Å². The molecule has 2 heterocycles. The van der Waals surface area contributed by atoms with Gasteiger partial charge >= 0.3 is 0 Å². The summed E-state index contributed by atoms with van der Waals surface area (Å²) in [5.41, 5.74) is 6.28. The number of benzene rings is 4. The van der Waals surface area contributed by atoms with E-state index in [1.807, 2.05) is 54.6 Å². The summed E-state index contributed by atoms with van der Waals surface area (Å²) < 4.78 is 22.5. The number of phenols is 3. The van der Waals surface area contributed by atoms with Gasteiger partial charge < -0.3 is 34.3 Å². The monoisotopic (exact) mass is 626 g/mol. The third-order valence-corrected chi connectivity index (χ3v) is 9.52. The van der Waals surface area contributed by atoms with E-state index in [9.17, 15) is 15.3 Å². The quantitative estimate of drug-likeness (QED) is 0.201. The minimum absolute atomic E-state index is 0.0253. The molecule has 2 atom stereocenters. The molecule has 4 aromatic carbocycles. The minimum Gasteiger partial charge on any atom is -0.504 e. The molecule has 0 aromatic heterocycles. The molecule has 6 rings (SSSR count). The predicted octanol–water partition coefficient (Wildman–Crippen LogP) is 6.16. The predicted molar refractivity (Wildman–Crippen MR) is 176 cm³/mol. The molecule has 0 bridgehead atoms. The van der Waals surface area contributed by atoms with Gasteiger partial charge in [-0.15, -0.1) is 0 Å². The summed E-state index contributed by atoms with van der Waals surface area (Å²) in [6, 6.07) is 19.0. The SMILES string of the molecule is COc1cc2c(cc1O)C(Cc1ccc(Oc3c(OC)ccc(CC4c5cc(O)c(OC)cc5CCN4C)c3O)cc1)N(C)CC2. The van der Waals surface area contributed by atoms with Crippen LogP contribution < -0.4 is 18.9 Å². The van der Waals surface area contributed by atoms with Gasteiger partial charge in [-0.05, 0) is 116 Å². The first-order valence-electron chi connectivity index (χ1n) is 15.6. The summed E-state index contributed by atoms with van der Waals surface area (Å²) >= 11 is 0. The average Bonchev–Trinajstić information content (AvgIpc) is 3.06. The maximum Gasteiger partial charge on any atom is 0.211 e. The van der Waals surface area contributed by atoms with Crippen molar-refractivity contribution in [3.8, 4) is 46.0 Å². The summed E-state index contributed by atoms with van der Waals surface area (Å²) in [5, 5.41) is 32.5. The first-order valence-corrected chi connectivity index (χ1v) is 15.6. The number of methoxy groups -OCH3 is 3. The number of likely N-dealkylation sites (N-methyl/N-ethyl adjacent to an activating group) is 2. The van der Waals surface area contributed by atoms with Crippen LogP contribution in [0.1, 0.15) is 45.5 Å². The Hall–Kier alpha value is -4.60. The van der Waals surface area contributed by atoms with Crippen LogP contribution >= 0.6 is 0 Å². The van der Waals surface area contributed by atoms with Crippen molar-refractivity contribution < 1.29 is 34.3 Å². The van der Waals surface area contributed by atoms with Crippen LogP contribution in [0.2, 0.25) is 0 Å². The highest BCUT2D eigenvalue weighted by atomic mass is 16.5. The molecule has 46 heavy (non-hydrogen) atoms. The van der Waals surface area contributed by atoms with Gasteiger partial charge in [0.15, 0.2) is 34.5 Å². The van der Waals surface area contributed by atoms with Crippen molar-refractivity contribution in [2.24, 2.45) is 0 Å². The number of fused-ring (bicyclic) bond motifs is 2. The molecule has 3 N–H and O–H groups in total. The molecular weight excluding hydrogens is 584 g/mol. The fraction of sp³-hybridized carbons (Fsp3) is 0.351. The molecule has 0 saturated carbocycles. The fourth-order valence-electron chi connectivity index (χ4n) is 6.81. The van der Waals surface area contributed by atoms with Crippen molar-refractivity contribution in [1.29, 1.82) is 0 Å². The lowest BCUT2D eigenvalue weighted by Crippen LogP contribution is -2.33. The number of aromatic hydroxyl groups is 3. The van der Waals surface area contributed by atoms with Crippen LogP contribution in [0.5, 0.6) is 46.0 Å². The van der Waals surface area contributed by atoms with Crippen molar-refractivity contribution in [3.05, 3.63) is 94.0 Å². The van der Waals surface area contributed by atoms with Gasteiger partial charge in [0.1, 0.15) is 5.75 Å². The third kappa shape index (κ3) is 6.00. The fourth-order valence-corrected chi connectivity index (χ4v) is 6.81. The summed E-state index contributed by atoms with van der Waals surface area (Å²) in [6.07, 6.45) is 3.02. The van der Waals surface area contributed by atoms with E-state index in [2.05, 4.69) is 23.9 Å². The molecule has 9 nitrogen and oxygen atoms in total. The molecule has 0 fully saturated rings. The second-order valence-electron chi connectivity index (χ2n) is 12.2. The Labute approximate surface area is 270 Å². The Kier molecular flexibility index (Phi) is 8.88. The van der Waals surface area contributed by atoms with Gasteiger partial charge in [-0.1, -0.05) is 18.2 Å². The topological polar surface area (TPSA) is 104 Å². The molecule has 0 saturated heterocycles. The van der Waals surface area contributed by atoms with Crippen LogP contribution in [-0.4, -0.2) is 73.6 Å². The standard InChI is InChI=1S/C37H42N2O7/c1-38-14-12-23-18-34(44-4)31(40)20-27(23)29(38)16-22-6-9-26(10-7-22)46-37-33(43-3)11-8-25(36(37)42)17-30-28-21-32(41)35(45-5)19-24(28)13-15-39(30)2/h6-11,18-21,29-30,40-42H,12-17H2,1-5H3. The first kappa shape index (κ1) is 31.4. The lowest BCUT2D eigenvalue weighted by molar-refractivity contribution is 0.226. The average molecular weight is 627 g/mol. The number of ether oxygens (including phenoxy) is 4. The number of hydrogen-bond acceptors (Lipinski definition) is 9. The van der Waals surface area contributed by atoms with E-state index >= 15 is 0 Å². The second-order valence-corrected chi connectivity index (χ2v) is 12.2. The Morgan fingerprint density at radius 2 is 1.17 bits per heavy atom. The molecule has 2 unspecified atom stereocenters. The van der Waals surface area contributed by atoms with Crippen LogP contribution in [0.15, 0.2) is 60.7 Å². The normalized spacial score (nSPS) is 18.0. The number of rotatable bonds is 9. The number of phenolic OH excluding ortho intramolecular Hbond substituents is 3. The van der Waals surface area contributed by atoms with Crippen LogP contribution in [0.3, 0.4) is 0 Å². The van der Waals surface area contributed by atoms with Crippen LogP contribution in [0.25, 0.3) is 0 Å². The van der Waals surface area contributed by atoms with E-state index in [1.54, 1.807) is 27.4 Å². The molecule has 9 heteroatoms. The van der Waals surface area contributed by atoms with E-state index < -0.39 is 0 Å². The zero-order valence-electron chi connectivity index (χ0n) is 27.0. The van der Waals surface area contributed by atoms with Gasteiger partial charge in [0.05, 0.1) is 21.3 Å². The molecule has 0 spiro atoms. The van der Waals surface area contributed by atoms with Gasteiger partial charge in [0, 0.05) is 25.2 Å². The van der Waals surface area contributed by atoms with Crippen molar-refractivity contribution in [2.45, 2.75) is 37.8 Å². The molecule has 0 amide bonds. The molecule has 2 aliphatic heterocycles. The first-order chi connectivity index (χ1) is 22.2. The number of hydrogen-bond donors (Lipinski definition) is 3. The Balaban J connectivity index is 1.22. The van der Waals surface area contributed by atoms with E-state index in [4.69, 9.17) is 18.9 Å². The smallest absolute Gasteiger partial charge is 0.211 e. The summed E-state index contributed by atoms with van der Waals surface area (Å²) in [7, 11) is 8.84. The van der Waals surface area contributed by atoms with E-state index in [1.165, 1.54) is 5.56 Å². The van der Waals surface area contributed by atoms with Gasteiger partial charge in [-0.25, -0.2) is 0 Å². The summed E-state index contributed by atoms with van der Waals surface area (Å²) in [4.78, 5) is 4.55. The van der Waals surface area contributed by atoms with E-state index in [0.29, 0.717) is 35.0 Å². The summed E-state index contributed by atoms with van der Waals surface area (Å²) in [6.45, 7) is 1.76. The second kappa shape index (κ2) is 13.0. The van der Waals surface area contributed by atoms with E-state index in [0.717, 1.165) is 54.6 Å². The minimum atomic E-state index is -0.0574. The summed E-state index contributed by atoms with van der Waals surface area (Å²) in [5.74, 6) is 2.51. The zero-order chi connectivity index (χ0) is 32.5. The highest BCUT2D eigenvalue weighted by molar-refractivity contribution is 5.57. The number of nitrogens with zero attached hydrogens (tertiary/aromatic N) is 2. The molecule has 2 aliphatic rings.